The topological polar surface area (TPSA) is 29.9 Å². The molecule has 0 saturated carbocycles. The van der Waals surface area contributed by atoms with Crippen LogP contribution >= 0.6 is 23.2 Å². The molecule has 1 aromatic heterocycles. The summed E-state index contributed by atoms with van der Waals surface area (Å²) in [5.74, 6) is 0. The minimum atomic E-state index is -0.00957. The summed E-state index contributed by atoms with van der Waals surface area (Å²) in [6, 6.07) is 6.14. The summed E-state index contributed by atoms with van der Waals surface area (Å²) in [6.07, 6.45) is 1.70. The average Bonchev–Trinajstić information content (AvgIpc) is 2.75. The van der Waals surface area contributed by atoms with Gasteiger partial charge in [0.05, 0.1) is 23.0 Å². The maximum absolute atomic E-state index is 6.35. The van der Waals surface area contributed by atoms with E-state index < -0.39 is 0 Å². The van der Waals surface area contributed by atoms with Crippen LogP contribution in [0.1, 0.15) is 42.8 Å². The van der Waals surface area contributed by atoms with E-state index in [0.717, 1.165) is 21.8 Å². The largest absolute Gasteiger partial charge is 0.308 e. The SMILES string of the molecule is CNC(c1ccc(Cl)cc1C)c1c(Cl)cnn1C(C)C. The van der Waals surface area contributed by atoms with E-state index in [2.05, 4.69) is 31.2 Å². The van der Waals surface area contributed by atoms with Crippen LogP contribution in [0, 0.1) is 6.92 Å². The summed E-state index contributed by atoms with van der Waals surface area (Å²) in [4.78, 5) is 0. The Kier molecular flexibility index (Phi) is 4.74. The number of nitrogens with zero attached hydrogens (tertiary/aromatic N) is 2. The molecule has 0 aliphatic heterocycles. The van der Waals surface area contributed by atoms with E-state index in [0.29, 0.717) is 5.02 Å². The van der Waals surface area contributed by atoms with Crippen molar-refractivity contribution in [1.29, 1.82) is 0 Å². The second-order valence-electron chi connectivity index (χ2n) is 5.14. The van der Waals surface area contributed by atoms with E-state index in [9.17, 15) is 0 Å². The van der Waals surface area contributed by atoms with E-state index in [-0.39, 0.29) is 12.1 Å². The van der Waals surface area contributed by atoms with Crippen LogP contribution in [0.4, 0.5) is 0 Å². The molecule has 1 aromatic carbocycles. The van der Waals surface area contributed by atoms with Gasteiger partial charge in [0.2, 0.25) is 0 Å². The maximum atomic E-state index is 6.35. The number of halogens is 2. The summed E-state index contributed by atoms with van der Waals surface area (Å²) in [6.45, 7) is 6.23. The molecular formula is C15H19Cl2N3. The molecule has 0 radical (unpaired) electrons. The third-order valence-electron chi connectivity index (χ3n) is 3.38. The normalized spacial score (nSPS) is 12.9. The first kappa shape index (κ1) is 15.4. The van der Waals surface area contributed by atoms with Crippen LogP contribution in [0.3, 0.4) is 0 Å². The summed E-state index contributed by atoms with van der Waals surface area (Å²) < 4.78 is 1.96. The molecule has 20 heavy (non-hydrogen) atoms. The molecule has 3 nitrogen and oxygen atoms in total. The molecule has 1 atom stereocenters. The van der Waals surface area contributed by atoms with Gasteiger partial charge in [0.25, 0.3) is 0 Å². The molecule has 0 amide bonds. The smallest absolute Gasteiger partial charge is 0.0837 e. The number of benzene rings is 1. The van der Waals surface area contributed by atoms with Gasteiger partial charge in [-0.3, -0.25) is 4.68 Å². The third kappa shape index (κ3) is 2.85. The zero-order valence-corrected chi connectivity index (χ0v) is 13.6. The molecular weight excluding hydrogens is 293 g/mol. The standard InChI is InChI=1S/C15H19Cl2N3/c1-9(2)20-15(13(17)8-19-20)14(18-4)12-6-5-11(16)7-10(12)3/h5-9,14,18H,1-4H3. The highest BCUT2D eigenvalue weighted by Gasteiger charge is 2.23. The molecule has 0 aliphatic rings. The van der Waals surface area contributed by atoms with Gasteiger partial charge in [-0.15, -0.1) is 0 Å². The van der Waals surface area contributed by atoms with Crippen LogP contribution in [0.5, 0.6) is 0 Å². The van der Waals surface area contributed by atoms with E-state index >= 15 is 0 Å². The molecule has 0 saturated heterocycles. The fraction of sp³-hybridized carbons (Fsp3) is 0.400. The third-order valence-corrected chi connectivity index (χ3v) is 3.91. The first-order valence-corrected chi connectivity index (χ1v) is 7.37. The van der Waals surface area contributed by atoms with Crippen LogP contribution in [-0.2, 0) is 0 Å². The minimum Gasteiger partial charge on any atom is -0.308 e. The zero-order valence-electron chi connectivity index (χ0n) is 12.1. The maximum Gasteiger partial charge on any atom is 0.0837 e. The van der Waals surface area contributed by atoms with Gasteiger partial charge >= 0.3 is 0 Å². The van der Waals surface area contributed by atoms with E-state index in [1.54, 1.807) is 6.20 Å². The van der Waals surface area contributed by atoms with Gasteiger partial charge in [0.15, 0.2) is 0 Å². The van der Waals surface area contributed by atoms with Gasteiger partial charge < -0.3 is 5.32 Å². The van der Waals surface area contributed by atoms with Crippen molar-refractivity contribution in [2.24, 2.45) is 0 Å². The van der Waals surface area contributed by atoms with Gasteiger partial charge in [-0.2, -0.15) is 5.10 Å². The van der Waals surface area contributed by atoms with Crippen molar-refractivity contribution in [3.05, 3.63) is 51.3 Å². The number of nitrogens with one attached hydrogen (secondary N) is 1. The fourth-order valence-electron chi connectivity index (χ4n) is 2.43. The molecule has 1 unspecified atom stereocenters. The van der Waals surface area contributed by atoms with Gasteiger partial charge in [-0.25, -0.2) is 0 Å². The minimum absolute atomic E-state index is 0.00957. The van der Waals surface area contributed by atoms with Crippen molar-refractivity contribution < 1.29 is 0 Å². The number of rotatable bonds is 4. The van der Waals surface area contributed by atoms with E-state index in [4.69, 9.17) is 23.2 Å². The Bertz CT molecular complexity index is 605. The van der Waals surface area contributed by atoms with Crippen LogP contribution in [0.15, 0.2) is 24.4 Å². The highest BCUT2D eigenvalue weighted by atomic mass is 35.5. The summed E-state index contributed by atoms with van der Waals surface area (Å²) in [5, 5.41) is 9.12. The van der Waals surface area contributed by atoms with Crippen molar-refractivity contribution in [1.82, 2.24) is 15.1 Å². The number of aromatic nitrogens is 2. The number of hydrogen-bond acceptors (Lipinski definition) is 2. The van der Waals surface area contributed by atoms with E-state index in [1.807, 2.05) is 29.9 Å². The van der Waals surface area contributed by atoms with Crippen molar-refractivity contribution >= 4 is 23.2 Å². The molecule has 2 rings (SSSR count). The molecule has 1 heterocycles. The monoisotopic (exact) mass is 311 g/mol. The second kappa shape index (κ2) is 6.17. The second-order valence-corrected chi connectivity index (χ2v) is 5.98. The molecule has 0 aliphatic carbocycles. The Morgan fingerprint density at radius 3 is 2.50 bits per heavy atom. The molecule has 0 bridgehead atoms. The quantitative estimate of drug-likeness (QED) is 0.907. The number of aryl methyl sites for hydroxylation is 1. The Hall–Kier alpha value is -1.03. The van der Waals surface area contributed by atoms with Crippen LogP contribution in [0.25, 0.3) is 0 Å². The Labute approximate surface area is 129 Å². The number of hydrogen-bond donors (Lipinski definition) is 1. The molecule has 2 aromatic rings. The Balaban J connectivity index is 2.55. The van der Waals surface area contributed by atoms with Crippen molar-refractivity contribution in [2.45, 2.75) is 32.9 Å². The first-order valence-electron chi connectivity index (χ1n) is 6.62. The zero-order chi connectivity index (χ0) is 14.9. The molecule has 0 fully saturated rings. The van der Waals surface area contributed by atoms with Crippen LogP contribution < -0.4 is 5.32 Å². The van der Waals surface area contributed by atoms with Crippen LogP contribution in [-0.4, -0.2) is 16.8 Å². The summed E-state index contributed by atoms with van der Waals surface area (Å²) in [5.41, 5.74) is 3.26. The molecule has 1 N–H and O–H groups in total. The predicted molar refractivity (Wildman–Crippen MR) is 84.7 cm³/mol. The highest BCUT2D eigenvalue weighted by Crippen LogP contribution is 2.32. The molecule has 108 valence electrons. The lowest BCUT2D eigenvalue weighted by Gasteiger charge is -2.22. The lowest BCUT2D eigenvalue weighted by Crippen LogP contribution is -2.23. The lowest BCUT2D eigenvalue weighted by atomic mass is 9.98. The van der Waals surface area contributed by atoms with Gasteiger partial charge in [0.1, 0.15) is 0 Å². The highest BCUT2D eigenvalue weighted by molar-refractivity contribution is 6.31. The summed E-state index contributed by atoms with van der Waals surface area (Å²) in [7, 11) is 1.92. The Morgan fingerprint density at radius 2 is 1.95 bits per heavy atom. The van der Waals surface area contributed by atoms with Crippen molar-refractivity contribution in [2.75, 3.05) is 7.05 Å². The lowest BCUT2D eigenvalue weighted by molar-refractivity contribution is 0.483. The molecule has 5 heteroatoms. The fourth-order valence-corrected chi connectivity index (χ4v) is 2.90. The van der Waals surface area contributed by atoms with E-state index in [1.165, 1.54) is 0 Å². The average molecular weight is 312 g/mol. The molecule has 0 spiro atoms. The predicted octanol–water partition coefficient (Wildman–Crippen LogP) is 4.39. The van der Waals surface area contributed by atoms with Crippen molar-refractivity contribution in [3.8, 4) is 0 Å². The summed E-state index contributed by atoms with van der Waals surface area (Å²) >= 11 is 12.4. The van der Waals surface area contributed by atoms with Gasteiger partial charge in [-0.05, 0) is 51.1 Å². The van der Waals surface area contributed by atoms with Gasteiger partial charge in [-0.1, -0.05) is 29.3 Å². The van der Waals surface area contributed by atoms with Gasteiger partial charge in [0, 0.05) is 11.1 Å². The Morgan fingerprint density at radius 1 is 1.25 bits per heavy atom. The van der Waals surface area contributed by atoms with Crippen molar-refractivity contribution in [3.63, 3.8) is 0 Å². The van der Waals surface area contributed by atoms with Crippen LogP contribution in [0.2, 0.25) is 10.0 Å². The first-order chi connectivity index (χ1) is 9.45.